The lowest BCUT2D eigenvalue weighted by atomic mass is 9.98. The van der Waals surface area contributed by atoms with Crippen molar-refractivity contribution in [2.45, 2.75) is 25.9 Å². The van der Waals surface area contributed by atoms with Gasteiger partial charge in [-0.25, -0.2) is 0 Å². The first kappa shape index (κ1) is 15.3. The Morgan fingerprint density at radius 3 is 2.62 bits per heavy atom. The van der Waals surface area contributed by atoms with Crippen LogP contribution >= 0.6 is 0 Å². The van der Waals surface area contributed by atoms with Gasteiger partial charge in [0.05, 0.1) is 19.1 Å². The first-order chi connectivity index (χ1) is 7.47. The van der Waals surface area contributed by atoms with Crippen LogP contribution in [0.15, 0.2) is 0 Å². The molecule has 3 N–H and O–H groups in total. The number of rotatable bonds is 9. The second-order valence-electron chi connectivity index (χ2n) is 4.30. The van der Waals surface area contributed by atoms with Crippen molar-refractivity contribution in [1.29, 1.82) is 0 Å². The fraction of sp³-hybridized carbons (Fsp3) is 0.909. The van der Waals surface area contributed by atoms with Crippen molar-refractivity contribution in [3.05, 3.63) is 0 Å². The summed E-state index contributed by atoms with van der Waals surface area (Å²) in [5.74, 6) is -0.371. The van der Waals surface area contributed by atoms with Gasteiger partial charge in [0.2, 0.25) is 5.91 Å². The second kappa shape index (κ2) is 8.50. The van der Waals surface area contributed by atoms with Gasteiger partial charge >= 0.3 is 0 Å². The van der Waals surface area contributed by atoms with Gasteiger partial charge in [-0.1, -0.05) is 6.92 Å². The molecule has 16 heavy (non-hydrogen) atoms. The molecule has 0 saturated heterocycles. The predicted octanol–water partition coefficient (Wildman–Crippen LogP) is -0.173. The fourth-order valence-electron chi connectivity index (χ4n) is 1.38. The third-order valence-corrected chi connectivity index (χ3v) is 2.71. The zero-order valence-corrected chi connectivity index (χ0v) is 10.5. The van der Waals surface area contributed by atoms with E-state index in [-0.39, 0.29) is 12.3 Å². The number of amides is 1. The molecule has 0 radical (unpaired) electrons. The third kappa shape index (κ3) is 7.62. The second-order valence-corrected chi connectivity index (χ2v) is 4.30. The Bertz CT molecular complexity index is 200. The van der Waals surface area contributed by atoms with Crippen LogP contribution in [0.2, 0.25) is 0 Å². The minimum atomic E-state index is -0.631. The van der Waals surface area contributed by atoms with Crippen LogP contribution in [0.3, 0.4) is 0 Å². The molecule has 0 unspecified atom stereocenters. The van der Waals surface area contributed by atoms with Gasteiger partial charge in [-0.15, -0.1) is 0 Å². The van der Waals surface area contributed by atoms with Gasteiger partial charge in [0.25, 0.3) is 0 Å². The molecule has 5 heteroatoms. The lowest BCUT2D eigenvalue weighted by Crippen LogP contribution is -2.30. The van der Waals surface area contributed by atoms with Crippen molar-refractivity contribution < 1.29 is 14.6 Å². The topological polar surface area (TPSA) is 75.8 Å². The van der Waals surface area contributed by atoms with Gasteiger partial charge in [0.1, 0.15) is 0 Å². The Morgan fingerprint density at radius 1 is 1.50 bits per heavy atom. The molecule has 1 amide bonds. The van der Waals surface area contributed by atoms with Crippen LogP contribution in [0.4, 0.5) is 0 Å². The smallest absolute Gasteiger partial charge is 0.220 e. The van der Waals surface area contributed by atoms with Crippen molar-refractivity contribution in [1.82, 2.24) is 4.90 Å². The number of ether oxygens (including phenoxy) is 1. The summed E-state index contributed by atoms with van der Waals surface area (Å²) in [7, 11) is 3.68. The van der Waals surface area contributed by atoms with Crippen molar-refractivity contribution in [3.63, 3.8) is 0 Å². The quantitative estimate of drug-likeness (QED) is 0.578. The lowest BCUT2D eigenvalue weighted by Gasteiger charge is -2.21. The maximum atomic E-state index is 10.6. The van der Waals surface area contributed by atoms with Crippen LogP contribution in [0, 0.1) is 5.92 Å². The van der Waals surface area contributed by atoms with Crippen molar-refractivity contribution in [2.24, 2.45) is 11.7 Å². The number of carbonyl (C=O) groups excluding carboxylic acids is 1. The van der Waals surface area contributed by atoms with Crippen molar-refractivity contribution in [2.75, 3.05) is 33.9 Å². The van der Waals surface area contributed by atoms with Crippen LogP contribution in [0.25, 0.3) is 0 Å². The zero-order chi connectivity index (χ0) is 12.6. The molecule has 2 atom stereocenters. The maximum absolute atomic E-state index is 10.6. The Hall–Kier alpha value is -0.650. The number of aliphatic hydroxyl groups is 1. The average Bonchev–Trinajstić information content (AvgIpc) is 2.21. The number of hydrogen-bond acceptors (Lipinski definition) is 4. The van der Waals surface area contributed by atoms with E-state index in [1.807, 2.05) is 14.0 Å². The molecule has 0 aliphatic heterocycles. The molecule has 0 rings (SSSR count). The minimum Gasteiger partial charge on any atom is -0.392 e. The number of methoxy groups -OCH3 is 1. The molecule has 5 nitrogen and oxygen atoms in total. The van der Waals surface area contributed by atoms with Crippen LogP contribution in [-0.4, -0.2) is 55.9 Å². The summed E-state index contributed by atoms with van der Waals surface area (Å²) in [6.45, 7) is 4.38. The van der Waals surface area contributed by atoms with Crippen LogP contribution in [0.5, 0.6) is 0 Å². The Labute approximate surface area is 97.6 Å². The van der Waals surface area contributed by atoms with E-state index in [0.717, 1.165) is 19.5 Å². The first-order valence-electron chi connectivity index (χ1n) is 5.61. The van der Waals surface area contributed by atoms with Gasteiger partial charge in [0.15, 0.2) is 0 Å². The number of hydrogen-bond donors (Lipinski definition) is 2. The van der Waals surface area contributed by atoms with Gasteiger partial charge in [-0.2, -0.15) is 0 Å². The summed E-state index contributed by atoms with van der Waals surface area (Å²) in [5.41, 5.74) is 5.03. The molecule has 0 aliphatic rings. The average molecular weight is 232 g/mol. The molecule has 0 aromatic heterocycles. The third-order valence-electron chi connectivity index (χ3n) is 2.71. The molecule has 0 fully saturated rings. The van der Waals surface area contributed by atoms with E-state index in [1.54, 1.807) is 7.11 Å². The van der Waals surface area contributed by atoms with Crippen molar-refractivity contribution in [3.8, 4) is 0 Å². The summed E-state index contributed by atoms with van der Waals surface area (Å²) in [6.07, 6.45) is 0.255. The number of carbonyl (C=O) groups is 1. The lowest BCUT2D eigenvalue weighted by molar-refractivity contribution is -0.120. The largest absolute Gasteiger partial charge is 0.392 e. The summed E-state index contributed by atoms with van der Waals surface area (Å²) < 4.78 is 4.97. The molecule has 0 aromatic rings. The van der Waals surface area contributed by atoms with E-state index < -0.39 is 12.0 Å². The molecule has 0 bridgehead atoms. The number of nitrogens with zero attached hydrogens (tertiary/aromatic N) is 1. The number of aliphatic hydroxyl groups excluding tert-OH is 1. The summed E-state index contributed by atoms with van der Waals surface area (Å²) >= 11 is 0. The highest BCUT2D eigenvalue weighted by Gasteiger charge is 2.16. The highest BCUT2D eigenvalue weighted by Crippen LogP contribution is 2.11. The Morgan fingerprint density at radius 2 is 2.12 bits per heavy atom. The minimum absolute atomic E-state index is 0.0446. The zero-order valence-electron chi connectivity index (χ0n) is 10.5. The van der Waals surface area contributed by atoms with Crippen LogP contribution in [-0.2, 0) is 9.53 Å². The fourth-order valence-corrected chi connectivity index (χ4v) is 1.38. The molecule has 0 aliphatic carbocycles. The number of primary amides is 1. The van der Waals surface area contributed by atoms with Crippen molar-refractivity contribution >= 4 is 5.91 Å². The molecule has 96 valence electrons. The SMILES string of the molecule is COCCN(C)CC[C@@H](C)[C@@H](O)CC(N)=O. The monoisotopic (exact) mass is 232 g/mol. The first-order valence-corrected chi connectivity index (χ1v) is 5.61. The normalized spacial score (nSPS) is 15.1. The van der Waals surface area contributed by atoms with Gasteiger partial charge in [0, 0.05) is 13.7 Å². The highest BCUT2D eigenvalue weighted by molar-refractivity contribution is 5.74. The number of nitrogens with two attached hydrogens (primary N) is 1. The van der Waals surface area contributed by atoms with E-state index in [9.17, 15) is 9.90 Å². The van der Waals surface area contributed by atoms with Crippen LogP contribution < -0.4 is 5.73 Å². The maximum Gasteiger partial charge on any atom is 0.220 e. The van der Waals surface area contributed by atoms with Gasteiger partial charge < -0.3 is 20.5 Å². The molecular weight excluding hydrogens is 208 g/mol. The predicted molar refractivity (Wildman–Crippen MR) is 63.0 cm³/mol. The summed E-state index contributed by atoms with van der Waals surface area (Å²) in [4.78, 5) is 12.8. The summed E-state index contributed by atoms with van der Waals surface area (Å²) in [5, 5.41) is 9.63. The molecule has 0 aromatic carbocycles. The molecular formula is C11H24N2O3. The van der Waals surface area contributed by atoms with Gasteiger partial charge in [-0.3, -0.25) is 4.79 Å². The van der Waals surface area contributed by atoms with E-state index >= 15 is 0 Å². The molecule has 0 spiro atoms. The summed E-state index contributed by atoms with van der Waals surface area (Å²) in [6, 6.07) is 0. The van der Waals surface area contributed by atoms with E-state index in [1.165, 1.54) is 0 Å². The van der Waals surface area contributed by atoms with E-state index in [4.69, 9.17) is 10.5 Å². The highest BCUT2D eigenvalue weighted by atomic mass is 16.5. The molecule has 0 heterocycles. The van der Waals surface area contributed by atoms with Gasteiger partial charge in [-0.05, 0) is 25.9 Å². The number of likely N-dealkylation sites (N-methyl/N-ethyl adjacent to an activating group) is 1. The van der Waals surface area contributed by atoms with Crippen LogP contribution in [0.1, 0.15) is 19.8 Å². The van der Waals surface area contributed by atoms with E-state index in [2.05, 4.69) is 4.90 Å². The van der Waals surface area contributed by atoms with E-state index in [0.29, 0.717) is 6.61 Å². The molecule has 0 saturated carbocycles. The Balaban J connectivity index is 3.70. The Kier molecular flexibility index (Phi) is 8.15. The standard InChI is InChI=1S/C11H24N2O3/c1-9(10(14)8-11(12)15)4-5-13(2)6-7-16-3/h9-10,14H,4-8H2,1-3H3,(H2,12,15)/t9-,10+/m1/s1.